The second kappa shape index (κ2) is 7.14. The minimum atomic E-state index is 0.0435. The van der Waals surface area contributed by atoms with Crippen molar-refractivity contribution in [3.05, 3.63) is 35.9 Å². The summed E-state index contributed by atoms with van der Waals surface area (Å²) < 4.78 is 0. The van der Waals surface area contributed by atoms with Crippen LogP contribution in [-0.4, -0.2) is 30.1 Å². The zero-order chi connectivity index (χ0) is 13.5. The van der Waals surface area contributed by atoms with Gasteiger partial charge in [0.1, 0.15) is 0 Å². The monoisotopic (exact) mass is 261 g/mol. The van der Waals surface area contributed by atoms with Crippen LogP contribution in [0.2, 0.25) is 0 Å². The van der Waals surface area contributed by atoms with E-state index in [1.54, 1.807) is 0 Å². The van der Waals surface area contributed by atoms with Crippen LogP contribution in [0.1, 0.15) is 31.2 Å². The molecular formula is C15H23N3O. The second-order valence-corrected chi connectivity index (χ2v) is 5.06. The molecule has 1 aromatic rings. The van der Waals surface area contributed by atoms with Crippen LogP contribution in [0, 0.1) is 0 Å². The molecule has 1 atom stereocenters. The Morgan fingerprint density at radius 1 is 1.32 bits per heavy atom. The summed E-state index contributed by atoms with van der Waals surface area (Å²) in [5, 5.41) is 3.00. The lowest BCUT2D eigenvalue weighted by atomic mass is 10.00. The maximum Gasteiger partial charge on any atom is 0.317 e. The molecule has 0 aliphatic carbocycles. The topological polar surface area (TPSA) is 58.4 Å². The van der Waals surface area contributed by atoms with E-state index in [0.29, 0.717) is 19.1 Å². The molecule has 1 fully saturated rings. The van der Waals surface area contributed by atoms with E-state index >= 15 is 0 Å². The molecule has 19 heavy (non-hydrogen) atoms. The summed E-state index contributed by atoms with van der Waals surface area (Å²) in [6, 6.07) is 10.4. The van der Waals surface area contributed by atoms with Crippen LogP contribution >= 0.6 is 0 Å². The first-order valence-electron chi connectivity index (χ1n) is 7.09. The number of carbonyl (C=O) groups excluding carboxylic acids is 1. The number of rotatable bonds is 4. The molecule has 4 nitrogen and oxygen atoms in total. The Labute approximate surface area is 115 Å². The van der Waals surface area contributed by atoms with Crippen molar-refractivity contribution >= 4 is 6.03 Å². The zero-order valence-corrected chi connectivity index (χ0v) is 11.3. The first kappa shape index (κ1) is 13.9. The summed E-state index contributed by atoms with van der Waals surface area (Å²) in [4.78, 5) is 14.2. The molecular weight excluding hydrogens is 238 g/mol. The minimum absolute atomic E-state index is 0.0435. The lowest BCUT2D eigenvalue weighted by molar-refractivity contribution is 0.147. The van der Waals surface area contributed by atoms with Crippen molar-refractivity contribution in [1.82, 2.24) is 10.2 Å². The largest absolute Gasteiger partial charge is 0.334 e. The lowest BCUT2D eigenvalue weighted by Gasteiger charge is -2.35. The van der Waals surface area contributed by atoms with E-state index in [4.69, 9.17) is 5.73 Å². The lowest BCUT2D eigenvalue weighted by Crippen LogP contribution is -2.49. The molecule has 1 aliphatic rings. The first-order chi connectivity index (χ1) is 9.31. The highest BCUT2D eigenvalue weighted by molar-refractivity contribution is 5.74. The van der Waals surface area contributed by atoms with Gasteiger partial charge in [-0.25, -0.2) is 4.79 Å². The number of piperidine rings is 1. The van der Waals surface area contributed by atoms with Crippen molar-refractivity contribution in [1.29, 1.82) is 0 Å². The standard InChI is InChI=1S/C15H23N3O/c16-10-9-14-8-4-5-11-18(14)15(19)17-12-13-6-2-1-3-7-13/h1-3,6-7,14H,4-5,8-12,16H2,(H,17,19). The molecule has 4 heteroatoms. The Morgan fingerprint density at radius 3 is 2.84 bits per heavy atom. The van der Waals surface area contributed by atoms with E-state index in [1.807, 2.05) is 35.2 Å². The summed E-state index contributed by atoms with van der Waals surface area (Å²) in [7, 11) is 0. The maximum atomic E-state index is 12.2. The number of hydrogen-bond acceptors (Lipinski definition) is 2. The SMILES string of the molecule is NCCC1CCCCN1C(=O)NCc1ccccc1. The number of likely N-dealkylation sites (tertiary alicyclic amines) is 1. The molecule has 3 N–H and O–H groups in total. The third-order valence-electron chi connectivity index (χ3n) is 3.67. The summed E-state index contributed by atoms with van der Waals surface area (Å²) in [6.07, 6.45) is 4.28. The molecule has 0 bridgehead atoms. The van der Waals surface area contributed by atoms with Gasteiger partial charge in [-0.3, -0.25) is 0 Å². The molecule has 1 heterocycles. The highest BCUT2D eigenvalue weighted by Crippen LogP contribution is 2.19. The van der Waals surface area contributed by atoms with Gasteiger partial charge < -0.3 is 16.0 Å². The van der Waals surface area contributed by atoms with Crippen LogP contribution in [0.4, 0.5) is 4.79 Å². The Kier molecular flexibility index (Phi) is 5.21. The van der Waals surface area contributed by atoms with Gasteiger partial charge in [0.25, 0.3) is 0 Å². The van der Waals surface area contributed by atoms with Gasteiger partial charge in [0.05, 0.1) is 0 Å². The van der Waals surface area contributed by atoms with Crippen molar-refractivity contribution in [2.24, 2.45) is 5.73 Å². The Balaban J connectivity index is 1.87. The molecule has 104 valence electrons. The number of urea groups is 1. The van der Waals surface area contributed by atoms with Crippen LogP contribution in [0.3, 0.4) is 0 Å². The van der Waals surface area contributed by atoms with Gasteiger partial charge in [-0.2, -0.15) is 0 Å². The Bertz CT molecular complexity index is 392. The van der Waals surface area contributed by atoms with Crippen molar-refractivity contribution in [2.75, 3.05) is 13.1 Å². The van der Waals surface area contributed by atoms with Gasteiger partial charge in [0.2, 0.25) is 0 Å². The molecule has 0 spiro atoms. The molecule has 0 radical (unpaired) electrons. The highest BCUT2D eigenvalue weighted by atomic mass is 16.2. The van der Waals surface area contributed by atoms with Crippen molar-refractivity contribution in [2.45, 2.75) is 38.3 Å². The highest BCUT2D eigenvalue weighted by Gasteiger charge is 2.25. The van der Waals surface area contributed by atoms with E-state index in [2.05, 4.69) is 5.32 Å². The molecule has 0 aromatic heterocycles. The third kappa shape index (κ3) is 3.96. The number of carbonyl (C=O) groups is 1. The second-order valence-electron chi connectivity index (χ2n) is 5.06. The smallest absolute Gasteiger partial charge is 0.317 e. The van der Waals surface area contributed by atoms with Crippen molar-refractivity contribution in [3.8, 4) is 0 Å². The van der Waals surface area contributed by atoms with E-state index in [0.717, 1.165) is 31.4 Å². The number of nitrogens with zero attached hydrogens (tertiary/aromatic N) is 1. The average molecular weight is 261 g/mol. The molecule has 2 rings (SSSR count). The molecule has 1 unspecified atom stereocenters. The fraction of sp³-hybridized carbons (Fsp3) is 0.533. The van der Waals surface area contributed by atoms with Gasteiger partial charge in [-0.05, 0) is 37.8 Å². The maximum absolute atomic E-state index is 12.2. The average Bonchev–Trinajstić information content (AvgIpc) is 2.47. The fourth-order valence-electron chi connectivity index (χ4n) is 2.64. The van der Waals surface area contributed by atoms with Crippen LogP contribution in [0.15, 0.2) is 30.3 Å². The van der Waals surface area contributed by atoms with Crippen LogP contribution in [0.5, 0.6) is 0 Å². The van der Waals surface area contributed by atoms with E-state index in [9.17, 15) is 4.79 Å². The molecule has 1 aliphatic heterocycles. The van der Waals surface area contributed by atoms with Gasteiger partial charge in [-0.1, -0.05) is 30.3 Å². The summed E-state index contributed by atoms with van der Waals surface area (Å²) >= 11 is 0. The quantitative estimate of drug-likeness (QED) is 0.872. The molecule has 0 saturated carbocycles. The summed E-state index contributed by atoms with van der Waals surface area (Å²) in [6.45, 7) is 2.09. The number of nitrogens with one attached hydrogen (secondary N) is 1. The fourth-order valence-corrected chi connectivity index (χ4v) is 2.64. The minimum Gasteiger partial charge on any atom is -0.334 e. The molecule has 1 saturated heterocycles. The Hall–Kier alpha value is -1.55. The van der Waals surface area contributed by atoms with Crippen LogP contribution < -0.4 is 11.1 Å². The van der Waals surface area contributed by atoms with Gasteiger partial charge >= 0.3 is 6.03 Å². The number of nitrogens with two attached hydrogens (primary N) is 1. The predicted octanol–water partition coefficient (Wildman–Crippen LogP) is 2.10. The van der Waals surface area contributed by atoms with Gasteiger partial charge in [-0.15, -0.1) is 0 Å². The number of amides is 2. The summed E-state index contributed by atoms with van der Waals surface area (Å²) in [5.41, 5.74) is 6.76. The third-order valence-corrected chi connectivity index (χ3v) is 3.67. The van der Waals surface area contributed by atoms with Gasteiger partial charge in [0, 0.05) is 19.1 Å². The van der Waals surface area contributed by atoms with Crippen LogP contribution in [0.25, 0.3) is 0 Å². The summed E-state index contributed by atoms with van der Waals surface area (Å²) in [5.74, 6) is 0. The first-order valence-corrected chi connectivity index (χ1v) is 7.09. The zero-order valence-electron chi connectivity index (χ0n) is 11.3. The van der Waals surface area contributed by atoms with E-state index in [1.165, 1.54) is 6.42 Å². The number of benzene rings is 1. The van der Waals surface area contributed by atoms with Crippen molar-refractivity contribution in [3.63, 3.8) is 0 Å². The predicted molar refractivity (Wildman–Crippen MR) is 76.7 cm³/mol. The molecule has 2 amide bonds. The van der Waals surface area contributed by atoms with E-state index in [-0.39, 0.29) is 6.03 Å². The Morgan fingerprint density at radius 2 is 2.11 bits per heavy atom. The van der Waals surface area contributed by atoms with E-state index < -0.39 is 0 Å². The van der Waals surface area contributed by atoms with Crippen LogP contribution in [-0.2, 0) is 6.54 Å². The van der Waals surface area contributed by atoms with Gasteiger partial charge in [0.15, 0.2) is 0 Å². The van der Waals surface area contributed by atoms with Crippen molar-refractivity contribution < 1.29 is 4.79 Å². The molecule has 1 aromatic carbocycles. The normalized spacial score (nSPS) is 19.2. The number of hydrogen-bond donors (Lipinski definition) is 2.